The van der Waals surface area contributed by atoms with Crippen molar-refractivity contribution in [2.45, 2.75) is 33.3 Å². The number of aliphatic hydroxyl groups is 1. The number of carboxylic acids is 1. The lowest BCUT2D eigenvalue weighted by Gasteiger charge is -2.22. The van der Waals surface area contributed by atoms with E-state index in [0.29, 0.717) is 6.42 Å². The third-order valence-electron chi connectivity index (χ3n) is 2.06. The van der Waals surface area contributed by atoms with E-state index in [0.717, 1.165) is 6.26 Å². The van der Waals surface area contributed by atoms with Gasteiger partial charge < -0.3 is 19.9 Å². The number of nitrogens with zero attached hydrogens (tertiary/aromatic N) is 1. The minimum atomic E-state index is -1.14. The first-order valence-electron chi connectivity index (χ1n) is 5.39. The van der Waals surface area contributed by atoms with Crippen molar-refractivity contribution in [1.29, 1.82) is 0 Å². The van der Waals surface area contributed by atoms with Crippen LogP contribution < -0.4 is 5.32 Å². The molecule has 0 fully saturated rings. The van der Waals surface area contributed by atoms with Gasteiger partial charge in [0, 0.05) is 6.54 Å². The third kappa shape index (κ3) is 4.86. The highest BCUT2D eigenvalue weighted by Crippen LogP contribution is 2.20. The van der Waals surface area contributed by atoms with Crippen LogP contribution in [-0.4, -0.2) is 33.8 Å². The van der Waals surface area contributed by atoms with Crippen molar-refractivity contribution >= 4 is 12.0 Å². The molecule has 6 heteroatoms. The molecule has 0 bridgehead atoms. The summed E-state index contributed by atoms with van der Waals surface area (Å²) in [5.41, 5.74) is -0.123. The summed E-state index contributed by atoms with van der Waals surface area (Å²) < 4.78 is 4.89. The molecule has 6 nitrogen and oxygen atoms in total. The third-order valence-corrected chi connectivity index (χ3v) is 2.06. The summed E-state index contributed by atoms with van der Waals surface area (Å²) in [5, 5.41) is 21.1. The number of hydrogen-bond acceptors (Lipinski definition) is 5. The van der Waals surface area contributed by atoms with E-state index >= 15 is 0 Å². The van der Waals surface area contributed by atoms with Gasteiger partial charge in [-0.1, -0.05) is 20.8 Å². The van der Waals surface area contributed by atoms with Crippen LogP contribution in [0.15, 0.2) is 10.7 Å². The molecule has 0 aliphatic heterocycles. The predicted octanol–water partition coefficient (Wildman–Crippen LogP) is 1.58. The zero-order valence-electron chi connectivity index (χ0n) is 10.2. The Balaban J connectivity index is 2.42. The number of oxazole rings is 1. The first kappa shape index (κ1) is 13.5. The van der Waals surface area contributed by atoms with Gasteiger partial charge in [-0.25, -0.2) is 4.79 Å². The van der Waals surface area contributed by atoms with E-state index in [9.17, 15) is 9.90 Å². The highest BCUT2D eigenvalue weighted by atomic mass is 16.4. The van der Waals surface area contributed by atoms with E-state index in [1.54, 1.807) is 0 Å². The van der Waals surface area contributed by atoms with Crippen molar-refractivity contribution in [2.75, 3.05) is 11.9 Å². The van der Waals surface area contributed by atoms with Crippen LogP contribution in [0.3, 0.4) is 0 Å². The largest absolute Gasteiger partial charge is 0.476 e. The molecule has 0 aromatic carbocycles. The molecule has 1 rings (SSSR count). The van der Waals surface area contributed by atoms with Gasteiger partial charge in [0.05, 0.1) is 6.10 Å². The van der Waals surface area contributed by atoms with Crippen molar-refractivity contribution in [3.8, 4) is 0 Å². The van der Waals surface area contributed by atoms with Crippen LogP contribution in [-0.2, 0) is 0 Å². The van der Waals surface area contributed by atoms with Gasteiger partial charge in [0.25, 0.3) is 6.01 Å². The predicted molar refractivity (Wildman–Crippen MR) is 62.0 cm³/mol. The fourth-order valence-electron chi connectivity index (χ4n) is 1.44. The highest BCUT2D eigenvalue weighted by molar-refractivity contribution is 5.85. The van der Waals surface area contributed by atoms with E-state index in [4.69, 9.17) is 9.52 Å². The standard InChI is InChI=1S/C11H18N2O4/c1-11(2,3)4-7(14)5-12-10-13-8(6-17-10)9(15)16/h6-7,14H,4-5H2,1-3H3,(H,12,13)(H,15,16). The number of rotatable bonds is 5. The minimum Gasteiger partial charge on any atom is -0.476 e. The molecule has 0 aliphatic carbocycles. The zero-order chi connectivity index (χ0) is 13.1. The monoisotopic (exact) mass is 242 g/mol. The van der Waals surface area contributed by atoms with Crippen LogP contribution in [0.1, 0.15) is 37.7 Å². The van der Waals surface area contributed by atoms with Crippen molar-refractivity contribution in [2.24, 2.45) is 5.41 Å². The van der Waals surface area contributed by atoms with E-state index in [1.165, 1.54) is 0 Å². The lowest BCUT2D eigenvalue weighted by Crippen LogP contribution is -2.25. The number of aromatic carboxylic acids is 1. The quantitative estimate of drug-likeness (QED) is 0.725. The maximum atomic E-state index is 10.5. The van der Waals surface area contributed by atoms with Crippen molar-refractivity contribution < 1.29 is 19.4 Å². The van der Waals surface area contributed by atoms with E-state index < -0.39 is 12.1 Å². The summed E-state index contributed by atoms with van der Waals surface area (Å²) in [6, 6.07) is 0.107. The number of carbonyl (C=O) groups is 1. The van der Waals surface area contributed by atoms with Crippen LogP contribution in [0.2, 0.25) is 0 Å². The molecular weight excluding hydrogens is 224 g/mol. The zero-order valence-corrected chi connectivity index (χ0v) is 10.2. The summed E-state index contributed by atoms with van der Waals surface area (Å²) in [7, 11) is 0. The number of nitrogens with one attached hydrogen (secondary N) is 1. The Labute approximate surface area is 99.7 Å². The molecular formula is C11H18N2O4. The SMILES string of the molecule is CC(C)(C)CC(O)CNc1nc(C(=O)O)co1. The Bertz CT molecular complexity index is 381. The molecule has 0 saturated carbocycles. The van der Waals surface area contributed by atoms with Crippen molar-refractivity contribution in [3.63, 3.8) is 0 Å². The van der Waals surface area contributed by atoms with Gasteiger partial charge in [0.15, 0.2) is 5.69 Å². The molecule has 3 N–H and O–H groups in total. The minimum absolute atomic E-state index is 0.0317. The maximum Gasteiger partial charge on any atom is 0.357 e. The summed E-state index contributed by atoms with van der Waals surface area (Å²) in [6.45, 7) is 6.37. The van der Waals surface area contributed by atoms with Gasteiger partial charge in [-0.2, -0.15) is 4.98 Å². The topological polar surface area (TPSA) is 95.6 Å². The lowest BCUT2D eigenvalue weighted by atomic mass is 9.89. The fraction of sp³-hybridized carbons (Fsp3) is 0.636. The number of aromatic nitrogens is 1. The molecule has 1 aromatic rings. The molecule has 1 unspecified atom stereocenters. The average molecular weight is 242 g/mol. The molecule has 1 heterocycles. The molecule has 0 aliphatic rings. The fourth-order valence-corrected chi connectivity index (χ4v) is 1.44. The first-order chi connectivity index (χ1) is 7.78. The summed E-state index contributed by atoms with van der Waals surface area (Å²) in [5.74, 6) is -1.14. The molecule has 1 atom stereocenters. The second-order valence-electron chi connectivity index (χ2n) is 5.14. The van der Waals surface area contributed by atoms with Crippen molar-refractivity contribution in [3.05, 3.63) is 12.0 Å². The van der Waals surface area contributed by atoms with Crippen LogP contribution in [0.25, 0.3) is 0 Å². The Morgan fingerprint density at radius 2 is 2.24 bits per heavy atom. The van der Waals surface area contributed by atoms with E-state index in [1.807, 2.05) is 20.8 Å². The molecule has 17 heavy (non-hydrogen) atoms. The smallest absolute Gasteiger partial charge is 0.357 e. The Morgan fingerprint density at radius 1 is 1.59 bits per heavy atom. The molecule has 96 valence electrons. The van der Waals surface area contributed by atoms with Crippen LogP contribution in [0.5, 0.6) is 0 Å². The number of hydrogen-bond donors (Lipinski definition) is 3. The normalized spacial score (nSPS) is 13.4. The number of anilines is 1. The van der Waals surface area contributed by atoms with Gasteiger partial charge in [-0.3, -0.25) is 0 Å². The second-order valence-corrected chi connectivity index (χ2v) is 5.14. The summed E-state index contributed by atoms with van der Waals surface area (Å²) in [6.07, 6.45) is 1.16. The van der Waals surface area contributed by atoms with Gasteiger partial charge in [0.2, 0.25) is 0 Å². The Hall–Kier alpha value is -1.56. The molecule has 0 amide bonds. The van der Waals surface area contributed by atoms with Crippen molar-refractivity contribution in [1.82, 2.24) is 4.98 Å². The molecule has 0 radical (unpaired) electrons. The Kier molecular flexibility index (Phi) is 4.11. The average Bonchev–Trinajstić information content (AvgIpc) is 2.60. The van der Waals surface area contributed by atoms with E-state index in [2.05, 4.69) is 10.3 Å². The second kappa shape index (κ2) is 5.18. The first-order valence-corrected chi connectivity index (χ1v) is 5.39. The highest BCUT2D eigenvalue weighted by Gasteiger charge is 2.17. The van der Waals surface area contributed by atoms with Gasteiger partial charge in [0.1, 0.15) is 6.26 Å². The number of carboxylic acid groups (broad SMARTS) is 1. The van der Waals surface area contributed by atoms with Crippen LogP contribution in [0, 0.1) is 5.41 Å². The number of aliphatic hydroxyl groups excluding tert-OH is 1. The summed E-state index contributed by atoms with van der Waals surface area (Å²) >= 11 is 0. The molecule has 0 saturated heterocycles. The molecule has 1 aromatic heterocycles. The van der Waals surface area contributed by atoms with Gasteiger partial charge >= 0.3 is 5.97 Å². The van der Waals surface area contributed by atoms with E-state index in [-0.39, 0.29) is 23.7 Å². The van der Waals surface area contributed by atoms with Crippen LogP contribution >= 0.6 is 0 Å². The Morgan fingerprint density at radius 3 is 2.71 bits per heavy atom. The lowest BCUT2D eigenvalue weighted by molar-refractivity contribution is 0.0690. The summed E-state index contributed by atoms with van der Waals surface area (Å²) in [4.78, 5) is 14.2. The molecule has 0 spiro atoms. The van der Waals surface area contributed by atoms with Gasteiger partial charge in [-0.05, 0) is 11.8 Å². The van der Waals surface area contributed by atoms with Gasteiger partial charge in [-0.15, -0.1) is 0 Å². The maximum absolute atomic E-state index is 10.5. The van der Waals surface area contributed by atoms with Crippen LogP contribution in [0.4, 0.5) is 6.01 Å².